The number of amidine groups is 1. The number of rotatable bonds is 3. The Kier molecular flexibility index (Phi) is 3.28. The van der Waals surface area contributed by atoms with Gasteiger partial charge in [0.15, 0.2) is 0 Å². The van der Waals surface area contributed by atoms with Crippen LogP contribution >= 0.6 is 0 Å². The van der Waals surface area contributed by atoms with Crippen LogP contribution in [0.5, 0.6) is 5.75 Å². The summed E-state index contributed by atoms with van der Waals surface area (Å²) in [5, 5.41) is 11.1. The molecule has 0 aliphatic rings. The van der Waals surface area contributed by atoms with Gasteiger partial charge in [0.2, 0.25) is 0 Å². The first kappa shape index (κ1) is 10.3. The third kappa shape index (κ3) is 2.35. The van der Waals surface area contributed by atoms with Gasteiger partial charge in [-0.05, 0) is 23.8 Å². The van der Waals surface area contributed by atoms with Crippen LogP contribution in [0.1, 0.15) is 5.56 Å². The first-order valence-corrected chi connectivity index (χ1v) is 3.96. The second kappa shape index (κ2) is 4.45. The van der Waals surface area contributed by atoms with Gasteiger partial charge < -0.3 is 15.7 Å². The highest BCUT2D eigenvalue weighted by atomic mass is 19.1. The van der Waals surface area contributed by atoms with E-state index in [0.29, 0.717) is 11.3 Å². The number of hydrogen-bond acceptors (Lipinski definition) is 3. The molecule has 1 aromatic rings. The summed E-state index contributed by atoms with van der Waals surface area (Å²) in [5.74, 6) is 0.0849. The molecule has 1 aromatic carbocycles. The molecule has 5 heteroatoms. The van der Waals surface area contributed by atoms with Gasteiger partial charge >= 0.3 is 0 Å². The lowest BCUT2D eigenvalue weighted by molar-refractivity contribution is 0.317. The second-order valence-electron chi connectivity index (χ2n) is 2.73. The lowest BCUT2D eigenvalue weighted by Crippen LogP contribution is -2.15. The zero-order chi connectivity index (χ0) is 10.6. The Labute approximate surface area is 80.8 Å². The molecule has 0 radical (unpaired) electrons. The van der Waals surface area contributed by atoms with Crippen LogP contribution in [0.25, 0.3) is 0 Å². The monoisotopic (exact) mass is 198 g/mol. The van der Waals surface area contributed by atoms with Crippen LogP contribution < -0.4 is 10.5 Å². The lowest BCUT2D eigenvalue weighted by atomic mass is 10.1. The summed E-state index contributed by atoms with van der Waals surface area (Å²) in [4.78, 5) is 0. The minimum Gasteiger partial charge on any atom is -0.497 e. The van der Waals surface area contributed by atoms with Gasteiger partial charge in [0.1, 0.15) is 17.4 Å². The maximum atomic E-state index is 13.2. The van der Waals surface area contributed by atoms with Crippen molar-refractivity contribution in [1.82, 2.24) is 0 Å². The maximum Gasteiger partial charge on any atom is 0.143 e. The third-order valence-electron chi connectivity index (χ3n) is 1.75. The number of oxime groups is 1. The van der Waals surface area contributed by atoms with E-state index >= 15 is 0 Å². The Morgan fingerprint density at radius 3 is 2.93 bits per heavy atom. The van der Waals surface area contributed by atoms with Crippen molar-refractivity contribution in [2.45, 2.75) is 6.42 Å². The largest absolute Gasteiger partial charge is 0.497 e. The van der Waals surface area contributed by atoms with Crippen LogP contribution in [0, 0.1) is 5.82 Å². The van der Waals surface area contributed by atoms with E-state index in [0.717, 1.165) is 0 Å². The van der Waals surface area contributed by atoms with Crippen LogP contribution in [-0.2, 0) is 6.42 Å². The van der Waals surface area contributed by atoms with Crippen molar-refractivity contribution in [2.75, 3.05) is 7.11 Å². The van der Waals surface area contributed by atoms with Crippen molar-refractivity contribution in [2.24, 2.45) is 10.9 Å². The molecule has 76 valence electrons. The van der Waals surface area contributed by atoms with Crippen LogP contribution in [0.4, 0.5) is 4.39 Å². The van der Waals surface area contributed by atoms with Crippen LogP contribution in [0.3, 0.4) is 0 Å². The Balaban J connectivity index is 2.95. The third-order valence-corrected chi connectivity index (χ3v) is 1.75. The minimum atomic E-state index is -0.405. The number of nitrogens with zero attached hydrogens (tertiary/aromatic N) is 1. The predicted molar refractivity (Wildman–Crippen MR) is 50.1 cm³/mol. The van der Waals surface area contributed by atoms with Gasteiger partial charge in [-0.15, -0.1) is 0 Å². The molecule has 14 heavy (non-hydrogen) atoms. The number of ether oxygens (including phenoxy) is 1. The van der Waals surface area contributed by atoms with Gasteiger partial charge in [0, 0.05) is 6.42 Å². The molecular weight excluding hydrogens is 187 g/mol. The van der Waals surface area contributed by atoms with Gasteiger partial charge in [-0.25, -0.2) is 4.39 Å². The van der Waals surface area contributed by atoms with E-state index in [9.17, 15) is 4.39 Å². The molecule has 1 rings (SSSR count). The maximum absolute atomic E-state index is 13.2. The molecule has 0 aromatic heterocycles. The average molecular weight is 198 g/mol. The van der Waals surface area contributed by atoms with Crippen molar-refractivity contribution in [3.63, 3.8) is 0 Å². The van der Waals surface area contributed by atoms with Crippen molar-refractivity contribution in [1.29, 1.82) is 0 Å². The van der Waals surface area contributed by atoms with E-state index in [-0.39, 0.29) is 12.3 Å². The smallest absolute Gasteiger partial charge is 0.143 e. The van der Waals surface area contributed by atoms with Crippen molar-refractivity contribution >= 4 is 5.84 Å². The topological polar surface area (TPSA) is 67.8 Å². The quantitative estimate of drug-likeness (QED) is 0.331. The van der Waals surface area contributed by atoms with E-state index in [1.165, 1.54) is 25.3 Å². The zero-order valence-corrected chi connectivity index (χ0v) is 7.70. The Hall–Kier alpha value is -1.78. The van der Waals surface area contributed by atoms with Gasteiger partial charge in [0.05, 0.1) is 7.11 Å². The van der Waals surface area contributed by atoms with E-state index in [1.54, 1.807) is 0 Å². The fourth-order valence-corrected chi connectivity index (χ4v) is 1.04. The number of nitrogens with two attached hydrogens (primary N) is 1. The molecule has 0 bridgehead atoms. The number of halogens is 1. The predicted octanol–water partition coefficient (Wildman–Crippen LogP) is 1.12. The Bertz CT molecular complexity index is 353. The normalized spacial score (nSPS) is 11.4. The van der Waals surface area contributed by atoms with Crippen molar-refractivity contribution in [3.8, 4) is 5.75 Å². The lowest BCUT2D eigenvalue weighted by Gasteiger charge is -2.04. The highest BCUT2D eigenvalue weighted by molar-refractivity contribution is 5.82. The van der Waals surface area contributed by atoms with Crippen LogP contribution in [-0.4, -0.2) is 18.2 Å². The van der Waals surface area contributed by atoms with E-state index in [2.05, 4.69) is 5.16 Å². The molecule has 0 amide bonds. The second-order valence-corrected chi connectivity index (χ2v) is 2.73. The molecule has 0 heterocycles. The van der Waals surface area contributed by atoms with Gasteiger partial charge in [-0.1, -0.05) is 5.16 Å². The summed E-state index contributed by atoms with van der Waals surface area (Å²) < 4.78 is 18.1. The number of benzene rings is 1. The molecule has 0 unspecified atom stereocenters. The summed E-state index contributed by atoms with van der Waals surface area (Å²) in [6.45, 7) is 0. The summed E-state index contributed by atoms with van der Waals surface area (Å²) in [5.41, 5.74) is 5.59. The van der Waals surface area contributed by atoms with Crippen molar-refractivity contribution < 1.29 is 14.3 Å². The fraction of sp³-hybridized carbons (Fsp3) is 0.222. The van der Waals surface area contributed by atoms with Crippen LogP contribution in [0.15, 0.2) is 23.4 Å². The summed E-state index contributed by atoms with van der Waals surface area (Å²) in [6, 6.07) is 4.29. The van der Waals surface area contributed by atoms with E-state index in [4.69, 9.17) is 15.7 Å². The zero-order valence-electron chi connectivity index (χ0n) is 7.70. The number of hydrogen-bond donors (Lipinski definition) is 2. The molecule has 0 aliphatic heterocycles. The van der Waals surface area contributed by atoms with Gasteiger partial charge in [0.25, 0.3) is 0 Å². The summed E-state index contributed by atoms with van der Waals surface area (Å²) >= 11 is 0. The first-order chi connectivity index (χ1) is 6.67. The average Bonchev–Trinajstić information content (AvgIpc) is 2.21. The minimum absolute atomic E-state index is 0.0443. The molecule has 3 N–H and O–H groups in total. The highest BCUT2D eigenvalue weighted by Crippen LogP contribution is 2.16. The van der Waals surface area contributed by atoms with E-state index < -0.39 is 5.82 Å². The van der Waals surface area contributed by atoms with E-state index in [1.807, 2.05) is 0 Å². The van der Waals surface area contributed by atoms with Gasteiger partial charge in [-0.3, -0.25) is 0 Å². The summed E-state index contributed by atoms with van der Waals surface area (Å²) in [6.07, 6.45) is 0.0551. The molecule has 0 atom stereocenters. The highest BCUT2D eigenvalue weighted by Gasteiger charge is 2.06. The van der Waals surface area contributed by atoms with Gasteiger partial charge in [-0.2, -0.15) is 0 Å². The molecule has 0 aliphatic carbocycles. The fourth-order valence-electron chi connectivity index (χ4n) is 1.04. The molecule has 0 saturated heterocycles. The number of methoxy groups -OCH3 is 1. The summed E-state index contributed by atoms with van der Waals surface area (Å²) in [7, 11) is 1.49. The Morgan fingerprint density at radius 2 is 2.36 bits per heavy atom. The molecule has 4 nitrogen and oxygen atoms in total. The SMILES string of the molecule is COc1ccc(F)c(C/C(N)=N/O)c1. The molecular formula is C9H11FN2O2. The van der Waals surface area contributed by atoms with Crippen molar-refractivity contribution in [3.05, 3.63) is 29.6 Å². The molecule has 0 spiro atoms. The first-order valence-electron chi connectivity index (χ1n) is 3.96. The molecule has 0 fully saturated rings. The standard InChI is InChI=1S/C9H11FN2O2/c1-14-7-2-3-8(10)6(4-7)5-9(11)12-13/h2-4,13H,5H2,1H3,(H2,11,12). The Morgan fingerprint density at radius 1 is 1.64 bits per heavy atom. The van der Waals surface area contributed by atoms with Crippen LogP contribution in [0.2, 0.25) is 0 Å². The molecule has 0 saturated carbocycles.